The minimum atomic E-state index is -0.535. The highest BCUT2D eigenvalue weighted by Gasteiger charge is 2.04. The van der Waals surface area contributed by atoms with Gasteiger partial charge < -0.3 is 9.15 Å². The molecule has 0 saturated heterocycles. The molecule has 0 aliphatic heterocycles. The van der Waals surface area contributed by atoms with Gasteiger partial charge in [-0.1, -0.05) is 0 Å². The number of hydrogen-bond donors (Lipinski definition) is 0. The molecule has 0 amide bonds. The van der Waals surface area contributed by atoms with E-state index in [4.69, 9.17) is 4.42 Å². The van der Waals surface area contributed by atoms with Crippen molar-refractivity contribution in [1.82, 2.24) is 0 Å². The van der Waals surface area contributed by atoms with Crippen molar-refractivity contribution >= 4 is 11.8 Å². The van der Waals surface area contributed by atoms with Gasteiger partial charge in [-0.05, 0) is 25.1 Å². The van der Waals surface area contributed by atoms with Gasteiger partial charge in [-0.2, -0.15) is 0 Å². The fraction of sp³-hybridized carbons (Fsp3) is 0.200. The molecule has 0 aliphatic rings. The van der Waals surface area contributed by atoms with Crippen molar-refractivity contribution in [3.8, 4) is 0 Å². The predicted octanol–water partition coefficient (Wildman–Crippen LogP) is 1.58. The van der Waals surface area contributed by atoms with Crippen molar-refractivity contribution in [2.75, 3.05) is 6.61 Å². The Labute approximate surface area is 81.2 Å². The molecule has 4 heteroatoms. The van der Waals surface area contributed by atoms with Crippen LogP contribution in [-0.2, 0) is 9.53 Å². The number of esters is 1. The van der Waals surface area contributed by atoms with Crippen molar-refractivity contribution in [2.24, 2.45) is 0 Å². The molecule has 0 fully saturated rings. The van der Waals surface area contributed by atoms with Crippen LogP contribution in [0.3, 0.4) is 0 Å². The highest BCUT2D eigenvalue weighted by atomic mass is 16.5. The number of carbonyl (C=O) groups is 2. The second-order valence-electron chi connectivity index (χ2n) is 2.43. The monoisotopic (exact) mass is 194 g/mol. The Hall–Kier alpha value is -1.84. The average Bonchev–Trinajstić information content (AvgIpc) is 2.67. The van der Waals surface area contributed by atoms with E-state index in [0.29, 0.717) is 0 Å². The van der Waals surface area contributed by atoms with Crippen molar-refractivity contribution < 1.29 is 18.7 Å². The first kappa shape index (κ1) is 10.2. The Morgan fingerprint density at radius 3 is 2.86 bits per heavy atom. The summed E-state index contributed by atoms with van der Waals surface area (Å²) in [6.07, 6.45) is 3.59. The summed E-state index contributed by atoms with van der Waals surface area (Å²) in [4.78, 5) is 22.1. The van der Waals surface area contributed by atoms with Gasteiger partial charge in [0.2, 0.25) is 5.78 Å². The van der Waals surface area contributed by atoms with Gasteiger partial charge in [-0.3, -0.25) is 4.79 Å². The molecule has 0 N–H and O–H groups in total. The van der Waals surface area contributed by atoms with Crippen molar-refractivity contribution in [3.05, 3.63) is 36.3 Å². The van der Waals surface area contributed by atoms with Crippen LogP contribution < -0.4 is 0 Å². The summed E-state index contributed by atoms with van der Waals surface area (Å²) in [6, 6.07) is 3.13. The number of rotatable bonds is 4. The fourth-order valence-corrected chi connectivity index (χ4v) is 0.835. The number of ketones is 1. The molecule has 1 heterocycles. The molecule has 0 atom stereocenters. The lowest BCUT2D eigenvalue weighted by molar-refractivity contribution is -0.137. The van der Waals surface area contributed by atoms with Gasteiger partial charge in [0.15, 0.2) is 5.76 Å². The van der Waals surface area contributed by atoms with Crippen molar-refractivity contribution in [1.29, 1.82) is 0 Å². The Balaban J connectivity index is 2.53. The van der Waals surface area contributed by atoms with Crippen LogP contribution in [0.5, 0.6) is 0 Å². The Kier molecular flexibility index (Phi) is 3.67. The van der Waals surface area contributed by atoms with Crippen LogP contribution in [0.25, 0.3) is 0 Å². The Morgan fingerprint density at radius 1 is 1.50 bits per heavy atom. The maximum Gasteiger partial charge on any atom is 0.330 e. The summed E-state index contributed by atoms with van der Waals surface area (Å²) in [7, 11) is 0. The highest BCUT2D eigenvalue weighted by molar-refractivity contribution is 6.05. The van der Waals surface area contributed by atoms with Crippen molar-refractivity contribution in [3.63, 3.8) is 0 Å². The third kappa shape index (κ3) is 2.90. The second kappa shape index (κ2) is 5.01. The van der Waals surface area contributed by atoms with Crippen LogP contribution in [0.15, 0.2) is 35.0 Å². The zero-order chi connectivity index (χ0) is 10.4. The smallest absolute Gasteiger partial charge is 0.330 e. The van der Waals surface area contributed by atoms with E-state index in [0.717, 1.165) is 12.2 Å². The van der Waals surface area contributed by atoms with Crippen LogP contribution >= 0.6 is 0 Å². The zero-order valence-electron chi connectivity index (χ0n) is 7.73. The summed E-state index contributed by atoms with van der Waals surface area (Å²) in [5.74, 6) is -0.694. The topological polar surface area (TPSA) is 56.5 Å². The first-order valence-electron chi connectivity index (χ1n) is 4.16. The summed E-state index contributed by atoms with van der Waals surface area (Å²) < 4.78 is 9.44. The molecule has 0 saturated carbocycles. The number of furan rings is 1. The first-order chi connectivity index (χ1) is 6.74. The van der Waals surface area contributed by atoms with Crippen molar-refractivity contribution in [2.45, 2.75) is 6.92 Å². The van der Waals surface area contributed by atoms with Crippen LogP contribution in [-0.4, -0.2) is 18.4 Å². The lowest BCUT2D eigenvalue weighted by Crippen LogP contribution is -2.01. The molecule has 0 aromatic carbocycles. The second-order valence-corrected chi connectivity index (χ2v) is 2.43. The largest absolute Gasteiger partial charge is 0.463 e. The third-order valence-electron chi connectivity index (χ3n) is 1.42. The van der Waals surface area contributed by atoms with Crippen LogP contribution in [0.4, 0.5) is 0 Å². The van der Waals surface area contributed by atoms with E-state index in [-0.39, 0.29) is 18.2 Å². The van der Waals surface area contributed by atoms with E-state index in [1.807, 2.05) is 0 Å². The molecule has 1 aromatic heterocycles. The molecular formula is C10H10O4. The molecule has 0 bridgehead atoms. The van der Waals surface area contributed by atoms with E-state index in [2.05, 4.69) is 4.74 Å². The predicted molar refractivity (Wildman–Crippen MR) is 48.8 cm³/mol. The summed E-state index contributed by atoms with van der Waals surface area (Å²) in [5.41, 5.74) is 0. The molecule has 1 rings (SSSR count). The minimum absolute atomic E-state index is 0.200. The molecule has 1 aromatic rings. The third-order valence-corrected chi connectivity index (χ3v) is 1.42. The first-order valence-corrected chi connectivity index (χ1v) is 4.16. The van der Waals surface area contributed by atoms with Gasteiger partial charge in [-0.25, -0.2) is 4.79 Å². The van der Waals surface area contributed by atoms with E-state index < -0.39 is 5.97 Å². The van der Waals surface area contributed by atoms with Gasteiger partial charge in [-0.15, -0.1) is 0 Å². The van der Waals surface area contributed by atoms with E-state index in [1.54, 1.807) is 13.0 Å². The summed E-state index contributed by atoms with van der Waals surface area (Å²) in [5, 5.41) is 0. The van der Waals surface area contributed by atoms with E-state index in [1.165, 1.54) is 12.3 Å². The SMILES string of the molecule is CCOC(=O)C=CC(=O)c1ccco1. The molecule has 0 radical (unpaired) electrons. The average molecular weight is 194 g/mol. The van der Waals surface area contributed by atoms with Gasteiger partial charge in [0, 0.05) is 6.08 Å². The Morgan fingerprint density at radius 2 is 2.29 bits per heavy atom. The molecule has 4 nitrogen and oxygen atoms in total. The summed E-state index contributed by atoms with van der Waals surface area (Å²) in [6.45, 7) is 1.98. The molecule has 74 valence electrons. The maximum absolute atomic E-state index is 11.2. The standard InChI is InChI=1S/C10H10O4/c1-2-13-10(12)6-5-8(11)9-4-3-7-14-9/h3-7H,2H2,1H3. The summed E-state index contributed by atoms with van der Waals surface area (Å²) >= 11 is 0. The molecular weight excluding hydrogens is 184 g/mol. The molecule has 0 unspecified atom stereocenters. The van der Waals surface area contributed by atoms with Gasteiger partial charge in [0.05, 0.1) is 12.9 Å². The number of hydrogen-bond acceptors (Lipinski definition) is 4. The lowest BCUT2D eigenvalue weighted by Gasteiger charge is -1.93. The van der Waals surface area contributed by atoms with Gasteiger partial charge in [0.1, 0.15) is 0 Å². The number of allylic oxidation sites excluding steroid dienone is 1. The number of ether oxygens (including phenoxy) is 1. The van der Waals surface area contributed by atoms with Gasteiger partial charge in [0.25, 0.3) is 0 Å². The molecule has 14 heavy (non-hydrogen) atoms. The highest BCUT2D eigenvalue weighted by Crippen LogP contribution is 2.01. The van der Waals surface area contributed by atoms with Crippen LogP contribution in [0.1, 0.15) is 17.5 Å². The minimum Gasteiger partial charge on any atom is -0.463 e. The van der Waals surface area contributed by atoms with E-state index in [9.17, 15) is 9.59 Å². The lowest BCUT2D eigenvalue weighted by atomic mass is 10.3. The molecule has 0 spiro atoms. The Bertz CT molecular complexity index is 335. The maximum atomic E-state index is 11.2. The van der Waals surface area contributed by atoms with Gasteiger partial charge >= 0.3 is 5.97 Å². The molecule has 0 aliphatic carbocycles. The van der Waals surface area contributed by atoms with Crippen LogP contribution in [0.2, 0.25) is 0 Å². The fourth-order valence-electron chi connectivity index (χ4n) is 0.835. The number of carbonyl (C=O) groups excluding carboxylic acids is 2. The van der Waals surface area contributed by atoms with Crippen LogP contribution in [0, 0.1) is 0 Å². The quantitative estimate of drug-likeness (QED) is 0.415. The normalized spacial score (nSPS) is 10.4. The zero-order valence-corrected chi connectivity index (χ0v) is 7.73. The van der Waals surface area contributed by atoms with E-state index >= 15 is 0 Å².